The van der Waals surface area contributed by atoms with Crippen LogP contribution in [-0.2, 0) is 4.79 Å². The Kier molecular flexibility index (Phi) is 3.39. The summed E-state index contributed by atoms with van der Waals surface area (Å²) in [6.07, 6.45) is 2.81. The van der Waals surface area contributed by atoms with Crippen molar-refractivity contribution >= 4 is 17.3 Å². The predicted molar refractivity (Wildman–Crippen MR) is 85.3 cm³/mol. The van der Waals surface area contributed by atoms with Crippen molar-refractivity contribution in [3.8, 4) is 0 Å². The highest BCUT2D eigenvalue weighted by atomic mass is 19.2. The molecule has 1 aliphatic carbocycles. The summed E-state index contributed by atoms with van der Waals surface area (Å²) in [5, 5.41) is 4.19. The number of aliphatic imine (C=N–C) groups is 1. The summed E-state index contributed by atoms with van der Waals surface area (Å²) in [6.45, 7) is 3.71. The largest absolute Gasteiger partial charge is 0.298 e. The van der Waals surface area contributed by atoms with E-state index in [1.165, 1.54) is 10.9 Å². The third-order valence-corrected chi connectivity index (χ3v) is 5.15. The molecule has 0 spiro atoms. The van der Waals surface area contributed by atoms with Crippen molar-refractivity contribution in [1.82, 2.24) is 9.78 Å². The van der Waals surface area contributed by atoms with Gasteiger partial charge in [-0.1, -0.05) is 13.8 Å². The molecule has 2 aromatic rings. The van der Waals surface area contributed by atoms with Gasteiger partial charge in [0.25, 0.3) is 0 Å². The molecule has 0 bridgehead atoms. The van der Waals surface area contributed by atoms with Gasteiger partial charge in [-0.05, 0) is 30.5 Å². The quantitative estimate of drug-likeness (QED) is 0.733. The van der Waals surface area contributed by atoms with Crippen molar-refractivity contribution in [2.75, 3.05) is 0 Å². The summed E-state index contributed by atoms with van der Waals surface area (Å²) in [4.78, 5) is 17.6. The highest BCUT2D eigenvalue weighted by molar-refractivity contribution is 6.11. The highest BCUT2D eigenvalue weighted by Crippen LogP contribution is 2.45. The summed E-state index contributed by atoms with van der Waals surface area (Å²) >= 11 is 0. The van der Waals surface area contributed by atoms with E-state index in [0.29, 0.717) is 24.4 Å². The number of fused-ring (bicyclic) bond motifs is 2. The lowest BCUT2D eigenvalue weighted by atomic mass is 9.66. The molecule has 1 aliphatic heterocycles. The van der Waals surface area contributed by atoms with Gasteiger partial charge in [-0.15, -0.1) is 0 Å². The number of hydrogen-bond donors (Lipinski definition) is 0. The average molecular weight is 347 g/mol. The fourth-order valence-electron chi connectivity index (χ4n) is 3.72. The lowest BCUT2D eigenvalue weighted by Gasteiger charge is -2.41. The van der Waals surface area contributed by atoms with Crippen LogP contribution in [0.2, 0.25) is 0 Å². The number of ketones is 1. The maximum absolute atomic E-state index is 13.8. The summed E-state index contributed by atoms with van der Waals surface area (Å²) < 4.78 is 42.5. The van der Waals surface area contributed by atoms with Gasteiger partial charge in [0.05, 0.1) is 18.2 Å². The van der Waals surface area contributed by atoms with Crippen molar-refractivity contribution in [2.45, 2.75) is 32.7 Å². The predicted octanol–water partition coefficient (Wildman–Crippen LogP) is 3.98. The monoisotopic (exact) mass is 347 g/mol. The second-order valence-corrected chi connectivity index (χ2v) is 7.21. The van der Waals surface area contributed by atoms with Crippen LogP contribution < -0.4 is 0 Å². The lowest BCUT2D eigenvalue weighted by molar-refractivity contribution is -0.131. The molecular weight excluding hydrogens is 331 g/mol. The first-order valence-electron chi connectivity index (χ1n) is 8.09. The van der Waals surface area contributed by atoms with Gasteiger partial charge in [-0.25, -0.2) is 22.8 Å². The first-order chi connectivity index (χ1) is 11.8. The summed E-state index contributed by atoms with van der Waals surface area (Å²) in [5.41, 5.74) is 0.293. The molecule has 4 rings (SSSR count). The number of aromatic nitrogens is 2. The van der Waals surface area contributed by atoms with Gasteiger partial charge in [0.1, 0.15) is 5.78 Å². The molecule has 1 aromatic carbocycles. The Balaban J connectivity index is 1.92. The van der Waals surface area contributed by atoms with Gasteiger partial charge in [-0.3, -0.25) is 4.79 Å². The fraction of sp³-hybridized carbons (Fsp3) is 0.389. The molecule has 2 unspecified atom stereocenters. The minimum absolute atomic E-state index is 0.0474. The van der Waals surface area contributed by atoms with E-state index >= 15 is 0 Å². The standard InChI is InChI=1S/C18H16F3N3O/c1-18(2)5-3-12-14(17(18)25)16(24-13(23-12)4-6-22-24)9-7-10(19)15(21)11(20)8-9/h4,6-8,14,16H,3,5H2,1-2H3. The Labute approximate surface area is 142 Å². The highest BCUT2D eigenvalue weighted by Gasteiger charge is 2.48. The van der Waals surface area contributed by atoms with Gasteiger partial charge in [0.2, 0.25) is 0 Å². The molecule has 0 amide bonds. The molecule has 7 heteroatoms. The second-order valence-electron chi connectivity index (χ2n) is 7.21. The Morgan fingerprint density at radius 3 is 2.56 bits per heavy atom. The molecule has 2 aliphatic rings. The molecule has 1 aromatic heterocycles. The van der Waals surface area contributed by atoms with E-state index < -0.39 is 34.8 Å². The number of halogens is 3. The van der Waals surface area contributed by atoms with Crippen LogP contribution >= 0.6 is 0 Å². The van der Waals surface area contributed by atoms with E-state index in [2.05, 4.69) is 10.1 Å². The average Bonchev–Trinajstić information content (AvgIpc) is 3.02. The van der Waals surface area contributed by atoms with Gasteiger partial charge in [-0.2, -0.15) is 5.10 Å². The van der Waals surface area contributed by atoms with E-state index in [1.807, 2.05) is 13.8 Å². The number of hydrogen-bond acceptors (Lipinski definition) is 3. The van der Waals surface area contributed by atoms with E-state index in [1.54, 1.807) is 6.07 Å². The summed E-state index contributed by atoms with van der Waals surface area (Å²) in [5.74, 6) is -4.28. The second kappa shape index (κ2) is 5.28. The molecule has 25 heavy (non-hydrogen) atoms. The molecule has 2 atom stereocenters. The minimum atomic E-state index is -1.52. The molecule has 130 valence electrons. The molecule has 4 nitrogen and oxygen atoms in total. The van der Waals surface area contributed by atoms with E-state index in [0.717, 1.165) is 12.1 Å². The summed E-state index contributed by atoms with van der Waals surface area (Å²) in [7, 11) is 0. The third kappa shape index (κ3) is 2.33. The maximum atomic E-state index is 13.8. The van der Waals surface area contributed by atoms with Gasteiger partial charge < -0.3 is 0 Å². The summed E-state index contributed by atoms with van der Waals surface area (Å²) in [6, 6.07) is 2.81. The SMILES string of the molecule is CC1(C)CCC2=Nc3ccnn3C(c3cc(F)c(F)c(F)c3)C2C1=O. The maximum Gasteiger partial charge on any atom is 0.194 e. The zero-order valence-corrected chi connectivity index (χ0v) is 13.8. The van der Waals surface area contributed by atoms with Crippen LogP contribution in [0, 0.1) is 28.8 Å². The van der Waals surface area contributed by atoms with Crippen LogP contribution in [-0.4, -0.2) is 21.3 Å². The van der Waals surface area contributed by atoms with Crippen LogP contribution in [0.15, 0.2) is 29.4 Å². The van der Waals surface area contributed by atoms with Crippen LogP contribution in [0.1, 0.15) is 38.3 Å². The molecule has 2 heterocycles. The number of rotatable bonds is 1. The molecular formula is C18H16F3N3O. The number of Topliss-reactive ketones (excluding diaryl/α,β-unsaturated/α-hetero) is 1. The van der Waals surface area contributed by atoms with E-state index in [9.17, 15) is 18.0 Å². The number of benzene rings is 1. The Bertz CT molecular complexity index is 893. The van der Waals surface area contributed by atoms with Crippen molar-refractivity contribution in [1.29, 1.82) is 0 Å². The van der Waals surface area contributed by atoms with Gasteiger partial charge >= 0.3 is 0 Å². The fourth-order valence-corrected chi connectivity index (χ4v) is 3.72. The van der Waals surface area contributed by atoms with E-state index in [-0.39, 0.29) is 11.3 Å². The van der Waals surface area contributed by atoms with Crippen LogP contribution in [0.5, 0.6) is 0 Å². The van der Waals surface area contributed by atoms with Crippen molar-refractivity contribution in [3.63, 3.8) is 0 Å². The first-order valence-corrected chi connectivity index (χ1v) is 8.09. The first kappa shape index (κ1) is 16.1. The van der Waals surface area contributed by atoms with Crippen molar-refractivity contribution < 1.29 is 18.0 Å². The molecule has 0 saturated heterocycles. The third-order valence-electron chi connectivity index (χ3n) is 5.15. The minimum Gasteiger partial charge on any atom is -0.298 e. The lowest BCUT2D eigenvalue weighted by Crippen LogP contribution is -2.47. The Morgan fingerprint density at radius 2 is 1.88 bits per heavy atom. The number of nitrogens with zero attached hydrogens (tertiary/aromatic N) is 3. The smallest absolute Gasteiger partial charge is 0.194 e. The zero-order valence-electron chi connectivity index (χ0n) is 13.8. The molecule has 1 saturated carbocycles. The Morgan fingerprint density at radius 1 is 1.20 bits per heavy atom. The van der Waals surface area contributed by atoms with Crippen LogP contribution in [0.3, 0.4) is 0 Å². The number of carbonyl (C=O) groups is 1. The van der Waals surface area contributed by atoms with Crippen molar-refractivity contribution in [3.05, 3.63) is 47.4 Å². The normalized spacial score (nSPS) is 24.5. The van der Waals surface area contributed by atoms with E-state index in [4.69, 9.17) is 0 Å². The molecule has 0 N–H and O–H groups in total. The Hall–Kier alpha value is -2.44. The topological polar surface area (TPSA) is 47.2 Å². The van der Waals surface area contributed by atoms with Gasteiger partial charge in [0, 0.05) is 17.2 Å². The van der Waals surface area contributed by atoms with Gasteiger partial charge in [0.15, 0.2) is 23.3 Å². The number of carbonyl (C=O) groups excluding carboxylic acids is 1. The molecule has 1 fully saturated rings. The molecule has 0 radical (unpaired) electrons. The van der Waals surface area contributed by atoms with Crippen molar-refractivity contribution in [2.24, 2.45) is 16.3 Å². The van der Waals surface area contributed by atoms with Crippen LogP contribution in [0.4, 0.5) is 19.0 Å². The van der Waals surface area contributed by atoms with Crippen LogP contribution in [0.25, 0.3) is 0 Å². The zero-order chi connectivity index (χ0) is 17.9.